The van der Waals surface area contributed by atoms with Crippen molar-refractivity contribution in [1.29, 1.82) is 0 Å². The highest BCUT2D eigenvalue weighted by Gasteiger charge is 2.12. The Hall–Kier alpha value is -3.74. The molecule has 0 saturated heterocycles. The van der Waals surface area contributed by atoms with E-state index in [9.17, 15) is 14.7 Å². The highest BCUT2D eigenvalue weighted by molar-refractivity contribution is 5.93. The van der Waals surface area contributed by atoms with E-state index < -0.39 is 11.9 Å². The maximum atomic E-state index is 12.0. The van der Waals surface area contributed by atoms with Crippen LogP contribution in [0.1, 0.15) is 37.8 Å². The van der Waals surface area contributed by atoms with Crippen molar-refractivity contribution < 1.29 is 14.7 Å². The van der Waals surface area contributed by atoms with Gasteiger partial charge in [0.05, 0.1) is 11.8 Å². The summed E-state index contributed by atoms with van der Waals surface area (Å²) >= 11 is 0. The number of carboxylic acids is 1. The Labute approximate surface area is 156 Å². The summed E-state index contributed by atoms with van der Waals surface area (Å²) in [6.07, 6.45) is 3.10. The maximum absolute atomic E-state index is 12.0. The third-order valence-electron chi connectivity index (χ3n) is 4.09. The van der Waals surface area contributed by atoms with Gasteiger partial charge in [-0.15, -0.1) is 0 Å². The van der Waals surface area contributed by atoms with E-state index in [4.69, 9.17) is 0 Å². The molecule has 0 atom stereocenters. The molecule has 7 nitrogen and oxygen atoms in total. The summed E-state index contributed by atoms with van der Waals surface area (Å²) < 4.78 is 1.94. The van der Waals surface area contributed by atoms with Gasteiger partial charge >= 0.3 is 5.97 Å². The zero-order valence-corrected chi connectivity index (χ0v) is 14.9. The number of aromatic carboxylic acids is 1. The van der Waals surface area contributed by atoms with E-state index in [0.717, 1.165) is 22.6 Å². The first kappa shape index (κ1) is 18.1. The maximum Gasteiger partial charge on any atom is 0.335 e. The van der Waals surface area contributed by atoms with Crippen LogP contribution in [-0.4, -0.2) is 32.7 Å². The lowest BCUT2D eigenvalue weighted by atomic mass is 10.2. The fourth-order valence-electron chi connectivity index (χ4n) is 2.81. The minimum atomic E-state index is -0.974. The Morgan fingerprint density at radius 3 is 2.67 bits per heavy atom. The SMILES string of the molecule is Cc1cc(/C=N/NC(=O)c2ccccn2)c(C)n1-c1cccc(C(=O)O)c1. The molecule has 3 aromatic rings. The first-order valence-electron chi connectivity index (χ1n) is 8.24. The molecule has 1 amide bonds. The highest BCUT2D eigenvalue weighted by Crippen LogP contribution is 2.20. The second-order valence-corrected chi connectivity index (χ2v) is 5.93. The Kier molecular flexibility index (Phi) is 5.12. The molecule has 0 aliphatic rings. The minimum absolute atomic E-state index is 0.220. The van der Waals surface area contributed by atoms with Crippen LogP contribution in [0.5, 0.6) is 0 Å². The number of carbonyl (C=O) groups excluding carboxylic acids is 1. The fourth-order valence-corrected chi connectivity index (χ4v) is 2.81. The van der Waals surface area contributed by atoms with Gasteiger partial charge in [0.1, 0.15) is 5.69 Å². The first-order chi connectivity index (χ1) is 13.0. The van der Waals surface area contributed by atoms with E-state index >= 15 is 0 Å². The summed E-state index contributed by atoms with van der Waals surface area (Å²) in [5, 5.41) is 13.2. The summed E-state index contributed by atoms with van der Waals surface area (Å²) in [5.41, 5.74) is 6.32. The van der Waals surface area contributed by atoms with Crippen LogP contribution in [0.15, 0.2) is 59.8 Å². The van der Waals surface area contributed by atoms with Gasteiger partial charge in [0.2, 0.25) is 0 Å². The molecule has 1 aromatic carbocycles. The smallest absolute Gasteiger partial charge is 0.335 e. The molecule has 0 fully saturated rings. The summed E-state index contributed by atoms with van der Waals surface area (Å²) in [6, 6.07) is 13.7. The minimum Gasteiger partial charge on any atom is -0.478 e. The van der Waals surface area contributed by atoms with Gasteiger partial charge in [0.15, 0.2) is 0 Å². The molecule has 7 heteroatoms. The number of aryl methyl sites for hydroxylation is 1. The first-order valence-corrected chi connectivity index (χ1v) is 8.24. The van der Waals surface area contributed by atoms with Crippen LogP contribution >= 0.6 is 0 Å². The number of amides is 1. The molecule has 0 aliphatic heterocycles. The topological polar surface area (TPSA) is 96.6 Å². The second kappa shape index (κ2) is 7.65. The predicted molar refractivity (Wildman–Crippen MR) is 101 cm³/mol. The zero-order valence-electron chi connectivity index (χ0n) is 14.9. The van der Waals surface area contributed by atoms with Crippen LogP contribution < -0.4 is 5.43 Å². The summed E-state index contributed by atoms with van der Waals surface area (Å²) in [5.74, 6) is -1.37. The third-order valence-corrected chi connectivity index (χ3v) is 4.09. The van der Waals surface area contributed by atoms with E-state index in [1.807, 2.05) is 30.5 Å². The number of carboxylic acid groups (broad SMARTS) is 1. The van der Waals surface area contributed by atoms with Crippen molar-refractivity contribution >= 4 is 18.1 Å². The van der Waals surface area contributed by atoms with Gasteiger partial charge in [-0.2, -0.15) is 5.10 Å². The third kappa shape index (κ3) is 3.92. The summed E-state index contributed by atoms with van der Waals surface area (Å²) in [4.78, 5) is 27.1. The molecular weight excluding hydrogens is 344 g/mol. The van der Waals surface area contributed by atoms with Crippen molar-refractivity contribution in [3.63, 3.8) is 0 Å². The lowest BCUT2D eigenvalue weighted by molar-refractivity contribution is 0.0696. The molecule has 0 unspecified atom stereocenters. The molecule has 0 aliphatic carbocycles. The fraction of sp³-hybridized carbons (Fsp3) is 0.100. The predicted octanol–water partition coefficient (Wildman–Crippen LogP) is 2.95. The van der Waals surface area contributed by atoms with Crippen LogP contribution in [0.3, 0.4) is 0 Å². The molecule has 0 bridgehead atoms. The molecule has 2 aromatic heterocycles. The second-order valence-electron chi connectivity index (χ2n) is 5.93. The number of pyridine rings is 1. The number of hydrogen-bond donors (Lipinski definition) is 2. The van der Waals surface area contributed by atoms with E-state index in [0.29, 0.717) is 0 Å². The van der Waals surface area contributed by atoms with Crippen molar-refractivity contribution in [1.82, 2.24) is 15.0 Å². The number of benzene rings is 1. The van der Waals surface area contributed by atoms with E-state index in [2.05, 4.69) is 15.5 Å². The Balaban J connectivity index is 1.83. The highest BCUT2D eigenvalue weighted by atomic mass is 16.4. The van der Waals surface area contributed by atoms with Crippen LogP contribution in [0, 0.1) is 13.8 Å². The van der Waals surface area contributed by atoms with Gasteiger partial charge < -0.3 is 9.67 Å². The molecule has 0 spiro atoms. The van der Waals surface area contributed by atoms with Crippen molar-refractivity contribution in [2.45, 2.75) is 13.8 Å². The number of carbonyl (C=O) groups is 2. The average Bonchev–Trinajstić information content (AvgIpc) is 2.96. The number of hydrogen-bond acceptors (Lipinski definition) is 4. The van der Waals surface area contributed by atoms with E-state index in [1.165, 1.54) is 6.20 Å². The van der Waals surface area contributed by atoms with Crippen LogP contribution in [0.25, 0.3) is 5.69 Å². The molecule has 0 saturated carbocycles. The molecule has 2 heterocycles. The van der Waals surface area contributed by atoms with Gasteiger partial charge in [0.25, 0.3) is 5.91 Å². The molecule has 3 rings (SSSR count). The Bertz CT molecular complexity index is 1020. The number of nitrogens with one attached hydrogen (secondary N) is 1. The van der Waals surface area contributed by atoms with Gasteiger partial charge in [-0.3, -0.25) is 9.78 Å². The molecular formula is C20H18N4O3. The Morgan fingerprint density at radius 2 is 1.96 bits per heavy atom. The van der Waals surface area contributed by atoms with Gasteiger partial charge in [-0.25, -0.2) is 10.2 Å². The largest absolute Gasteiger partial charge is 0.478 e. The average molecular weight is 362 g/mol. The van der Waals surface area contributed by atoms with Crippen molar-refractivity contribution in [3.8, 4) is 5.69 Å². The normalized spacial score (nSPS) is 10.9. The number of nitrogens with zero attached hydrogens (tertiary/aromatic N) is 3. The van der Waals surface area contributed by atoms with Crippen molar-refractivity contribution in [3.05, 3.63) is 82.9 Å². The van der Waals surface area contributed by atoms with Crippen molar-refractivity contribution in [2.75, 3.05) is 0 Å². The molecule has 0 radical (unpaired) electrons. The summed E-state index contributed by atoms with van der Waals surface area (Å²) in [6.45, 7) is 3.83. The zero-order chi connectivity index (χ0) is 19.4. The molecule has 27 heavy (non-hydrogen) atoms. The van der Waals surface area contributed by atoms with Gasteiger partial charge in [0, 0.05) is 28.8 Å². The lowest BCUT2D eigenvalue weighted by Gasteiger charge is -2.10. The molecule has 136 valence electrons. The number of aromatic nitrogens is 2. The number of rotatable bonds is 5. The van der Waals surface area contributed by atoms with Gasteiger partial charge in [-0.05, 0) is 50.2 Å². The van der Waals surface area contributed by atoms with Crippen LogP contribution in [-0.2, 0) is 0 Å². The lowest BCUT2D eigenvalue weighted by Crippen LogP contribution is -2.18. The number of hydrazone groups is 1. The standard InChI is InChI=1S/C20H18N4O3/c1-13-10-16(12-22-23-19(25)18-8-3-4-9-21-18)14(2)24(13)17-7-5-6-15(11-17)20(26)27/h3-12H,1-2H3,(H,23,25)(H,26,27)/b22-12+. The van der Waals surface area contributed by atoms with E-state index in [1.54, 1.807) is 42.6 Å². The van der Waals surface area contributed by atoms with Gasteiger partial charge in [-0.1, -0.05) is 12.1 Å². The van der Waals surface area contributed by atoms with Crippen LogP contribution in [0.4, 0.5) is 0 Å². The monoisotopic (exact) mass is 362 g/mol. The molecule has 2 N–H and O–H groups in total. The quantitative estimate of drug-likeness (QED) is 0.539. The summed E-state index contributed by atoms with van der Waals surface area (Å²) in [7, 11) is 0. The van der Waals surface area contributed by atoms with E-state index in [-0.39, 0.29) is 11.3 Å². The van der Waals surface area contributed by atoms with Crippen molar-refractivity contribution in [2.24, 2.45) is 5.10 Å². The Morgan fingerprint density at radius 1 is 1.15 bits per heavy atom. The van der Waals surface area contributed by atoms with Crippen LogP contribution in [0.2, 0.25) is 0 Å².